The minimum Gasteiger partial charge on any atom is -0.296 e. The molecule has 0 radical (unpaired) electrons. The first-order valence-electron chi connectivity index (χ1n) is 5.68. The van der Waals surface area contributed by atoms with Gasteiger partial charge in [-0.25, -0.2) is 4.79 Å². The molecule has 90 valence electrons. The monoisotopic (exact) mass is 233 g/mol. The number of hydrogen-bond acceptors (Lipinski definition) is 3. The first kappa shape index (κ1) is 11.6. The Balaban J connectivity index is 2.44. The molecule has 0 aliphatic heterocycles. The van der Waals surface area contributed by atoms with Gasteiger partial charge >= 0.3 is 5.69 Å². The Labute approximate surface area is 98.7 Å². The molecular weight excluding hydrogens is 218 g/mol. The summed E-state index contributed by atoms with van der Waals surface area (Å²) in [4.78, 5) is 25.2. The maximum atomic E-state index is 11.7. The highest BCUT2D eigenvalue weighted by molar-refractivity contribution is 5.22. The van der Waals surface area contributed by atoms with Gasteiger partial charge in [-0.2, -0.15) is 5.26 Å². The fourth-order valence-corrected chi connectivity index (χ4v) is 2.47. The number of rotatable bonds is 1. The molecule has 0 spiro atoms. The maximum Gasteiger partial charge on any atom is 0.328 e. The number of hydrogen-bond donors (Lipinski definition) is 1. The van der Waals surface area contributed by atoms with Crippen LogP contribution in [0.25, 0.3) is 0 Å². The quantitative estimate of drug-likeness (QED) is 0.790. The van der Waals surface area contributed by atoms with Gasteiger partial charge in [0.25, 0.3) is 5.56 Å². The minimum atomic E-state index is -0.606. The summed E-state index contributed by atoms with van der Waals surface area (Å²) >= 11 is 0. The van der Waals surface area contributed by atoms with Gasteiger partial charge in [-0.15, -0.1) is 0 Å². The van der Waals surface area contributed by atoms with Gasteiger partial charge in [0.2, 0.25) is 0 Å². The van der Waals surface area contributed by atoms with Crippen LogP contribution in [0.5, 0.6) is 0 Å². The van der Waals surface area contributed by atoms with Gasteiger partial charge in [0, 0.05) is 12.2 Å². The van der Waals surface area contributed by atoms with Crippen molar-refractivity contribution < 1.29 is 0 Å². The lowest BCUT2D eigenvalue weighted by Crippen LogP contribution is -2.33. The van der Waals surface area contributed by atoms with E-state index >= 15 is 0 Å². The topological polar surface area (TPSA) is 78.7 Å². The van der Waals surface area contributed by atoms with Crippen molar-refractivity contribution in [1.82, 2.24) is 9.55 Å². The fraction of sp³-hybridized carbons (Fsp3) is 0.583. The summed E-state index contributed by atoms with van der Waals surface area (Å²) in [5.41, 5.74) is -0.815. The zero-order valence-corrected chi connectivity index (χ0v) is 9.99. The molecule has 1 unspecified atom stereocenters. The Morgan fingerprint density at radius 1 is 1.53 bits per heavy atom. The van der Waals surface area contributed by atoms with Crippen molar-refractivity contribution >= 4 is 0 Å². The van der Waals surface area contributed by atoms with Gasteiger partial charge < -0.3 is 0 Å². The van der Waals surface area contributed by atoms with E-state index in [9.17, 15) is 9.59 Å². The van der Waals surface area contributed by atoms with E-state index in [-0.39, 0.29) is 17.0 Å². The number of nitrogens with one attached hydrogen (secondary N) is 1. The average Bonchev–Trinajstić information content (AvgIpc) is 2.59. The molecule has 1 aromatic rings. The Kier molecular flexibility index (Phi) is 2.66. The molecule has 5 nitrogen and oxygen atoms in total. The summed E-state index contributed by atoms with van der Waals surface area (Å²) in [6.07, 6.45) is 4.23. The van der Waals surface area contributed by atoms with E-state index in [1.807, 2.05) is 0 Å². The summed E-state index contributed by atoms with van der Waals surface area (Å²) in [7, 11) is 0. The van der Waals surface area contributed by atoms with Gasteiger partial charge in [0.05, 0.1) is 0 Å². The van der Waals surface area contributed by atoms with E-state index in [4.69, 9.17) is 5.26 Å². The normalized spacial score (nSPS) is 22.3. The van der Waals surface area contributed by atoms with Crippen molar-refractivity contribution in [2.45, 2.75) is 39.2 Å². The second-order valence-electron chi connectivity index (χ2n) is 5.38. The fourth-order valence-electron chi connectivity index (χ4n) is 2.47. The highest BCUT2D eigenvalue weighted by atomic mass is 16.2. The molecule has 1 fully saturated rings. The second kappa shape index (κ2) is 3.88. The second-order valence-corrected chi connectivity index (χ2v) is 5.38. The van der Waals surface area contributed by atoms with Crippen molar-refractivity contribution in [2.24, 2.45) is 5.41 Å². The van der Waals surface area contributed by atoms with E-state index in [1.165, 1.54) is 10.8 Å². The Hall–Kier alpha value is -1.83. The van der Waals surface area contributed by atoms with Crippen molar-refractivity contribution in [3.8, 4) is 6.07 Å². The van der Waals surface area contributed by atoms with Crippen molar-refractivity contribution in [3.05, 3.63) is 32.6 Å². The molecule has 17 heavy (non-hydrogen) atoms. The van der Waals surface area contributed by atoms with Crippen LogP contribution in [-0.4, -0.2) is 9.55 Å². The molecule has 1 saturated carbocycles. The third-order valence-electron chi connectivity index (χ3n) is 3.42. The zero-order chi connectivity index (χ0) is 12.6. The largest absolute Gasteiger partial charge is 0.328 e. The first-order chi connectivity index (χ1) is 7.93. The number of nitrogens with zero attached hydrogens (tertiary/aromatic N) is 2. The molecule has 5 heteroatoms. The molecule has 0 amide bonds. The summed E-state index contributed by atoms with van der Waals surface area (Å²) < 4.78 is 1.49. The lowest BCUT2D eigenvalue weighted by molar-refractivity contribution is 0.355. The minimum absolute atomic E-state index is 0.00527. The van der Waals surface area contributed by atoms with Crippen molar-refractivity contribution in [2.75, 3.05) is 0 Å². The van der Waals surface area contributed by atoms with Crippen LogP contribution in [0, 0.1) is 16.7 Å². The smallest absolute Gasteiger partial charge is 0.296 e. The first-order valence-corrected chi connectivity index (χ1v) is 5.68. The van der Waals surface area contributed by atoms with E-state index in [0.29, 0.717) is 0 Å². The third kappa shape index (κ3) is 2.16. The molecule has 1 atom stereocenters. The molecule has 2 rings (SSSR count). The van der Waals surface area contributed by atoms with Crippen LogP contribution in [0.15, 0.2) is 15.8 Å². The maximum absolute atomic E-state index is 11.7. The third-order valence-corrected chi connectivity index (χ3v) is 3.42. The SMILES string of the molecule is CC1(C)CCC(n2cc(C#N)c(=O)[nH]c2=O)C1. The zero-order valence-electron chi connectivity index (χ0n) is 9.99. The van der Waals surface area contributed by atoms with Gasteiger partial charge in [-0.1, -0.05) is 13.8 Å². The van der Waals surface area contributed by atoms with Crippen LogP contribution in [0.2, 0.25) is 0 Å². The molecular formula is C12H15N3O2. The summed E-state index contributed by atoms with van der Waals surface area (Å²) in [6.45, 7) is 4.32. The van der Waals surface area contributed by atoms with E-state index in [0.717, 1.165) is 19.3 Å². The Morgan fingerprint density at radius 2 is 2.24 bits per heavy atom. The van der Waals surface area contributed by atoms with E-state index < -0.39 is 11.2 Å². The Bertz CT molecular complexity index is 589. The number of nitriles is 1. The molecule has 1 aliphatic rings. The molecule has 0 saturated heterocycles. The van der Waals surface area contributed by atoms with Gasteiger partial charge in [0.15, 0.2) is 0 Å². The van der Waals surface area contributed by atoms with Gasteiger partial charge in [0.1, 0.15) is 11.6 Å². The van der Waals surface area contributed by atoms with Crippen molar-refractivity contribution in [1.29, 1.82) is 5.26 Å². The summed E-state index contributed by atoms with van der Waals surface area (Å²) in [5, 5.41) is 8.79. The molecule has 1 aliphatic carbocycles. The van der Waals surface area contributed by atoms with Crippen LogP contribution >= 0.6 is 0 Å². The standard InChI is InChI=1S/C12H15N3O2/c1-12(2)4-3-9(5-12)15-7-8(6-13)10(16)14-11(15)17/h7,9H,3-5H2,1-2H3,(H,14,16,17). The van der Waals surface area contributed by atoms with Gasteiger partial charge in [-0.05, 0) is 24.7 Å². The average molecular weight is 233 g/mol. The molecule has 1 N–H and O–H groups in total. The Morgan fingerprint density at radius 3 is 2.76 bits per heavy atom. The predicted octanol–water partition coefficient (Wildman–Crippen LogP) is 1.16. The molecule has 1 aromatic heterocycles. The van der Waals surface area contributed by atoms with Crippen LogP contribution < -0.4 is 11.2 Å². The highest BCUT2D eigenvalue weighted by Gasteiger charge is 2.32. The van der Waals surface area contributed by atoms with Crippen LogP contribution in [-0.2, 0) is 0 Å². The molecule has 0 aromatic carbocycles. The molecule has 0 bridgehead atoms. The van der Waals surface area contributed by atoms with Crippen LogP contribution in [0.3, 0.4) is 0 Å². The van der Waals surface area contributed by atoms with Gasteiger partial charge in [-0.3, -0.25) is 14.3 Å². The van der Waals surface area contributed by atoms with Crippen LogP contribution in [0.1, 0.15) is 44.7 Å². The summed E-state index contributed by atoms with van der Waals surface area (Å²) in [5.74, 6) is 0. The van der Waals surface area contributed by atoms with Crippen LogP contribution in [0.4, 0.5) is 0 Å². The van der Waals surface area contributed by atoms with Crippen molar-refractivity contribution in [3.63, 3.8) is 0 Å². The predicted molar refractivity (Wildman–Crippen MR) is 62.7 cm³/mol. The lowest BCUT2D eigenvalue weighted by atomic mass is 9.92. The highest BCUT2D eigenvalue weighted by Crippen LogP contribution is 2.42. The lowest BCUT2D eigenvalue weighted by Gasteiger charge is -2.18. The summed E-state index contributed by atoms with van der Waals surface area (Å²) in [6, 6.07) is 1.89. The van der Waals surface area contributed by atoms with E-state index in [1.54, 1.807) is 6.07 Å². The number of aromatic nitrogens is 2. The number of H-pyrrole nitrogens is 1. The van der Waals surface area contributed by atoms with E-state index in [2.05, 4.69) is 18.8 Å². The number of aromatic amines is 1. The molecule has 1 heterocycles.